The number of hydrogen-bond acceptors (Lipinski definition) is 2. The second kappa shape index (κ2) is 15.6. The summed E-state index contributed by atoms with van der Waals surface area (Å²) < 4.78 is 1.42. The zero-order valence-electron chi connectivity index (χ0n) is 24.5. The van der Waals surface area contributed by atoms with E-state index in [0.29, 0.717) is 5.56 Å². The quantitative estimate of drug-likeness (QED) is 0.275. The minimum Gasteiger partial charge on any atom is -0.545 e. The maximum Gasteiger partial charge on any atom is 0.0786 e. The maximum absolute atomic E-state index is 11.4. The van der Waals surface area contributed by atoms with Gasteiger partial charge in [0.25, 0.3) is 0 Å². The van der Waals surface area contributed by atoms with E-state index in [-0.39, 0.29) is 10.8 Å². The molecule has 1 aromatic carbocycles. The van der Waals surface area contributed by atoms with E-state index < -0.39 is 5.97 Å². The Balaban J connectivity index is 0.000000641. The van der Waals surface area contributed by atoms with Gasteiger partial charge in [-0.25, -0.2) is 0 Å². The molecule has 34 heavy (non-hydrogen) atoms. The van der Waals surface area contributed by atoms with Crippen LogP contribution < -0.4 is 5.11 Å². The number of nitrogens with zero attached hydrogens (tertiary/aromatic N) is 1. The predicted octanol–water partition coefficient (Wildman–Crippen LogP) is 7.65. The van der Waals surface area contributed by atoms with Crippen LogP contribution in [0.3, 0.4) is 0 Å². The first kappa shape index (κ1) is 32.7. The predicted molar refractivity (Wildman–Crippen MR) is 148 cm³/mol. The third kappa shape index (κ3) is 11.4. The highest BCUT2D eigenvalue weighted by Gasteiger charge is 2.26. The minimum atomic E-state index is -1.08. The van der Waals surface area contributed by atoms with E-state index in [2.05, 4.69) is 27.7 Å². The van der Waals surface area contributed by atoms with Crippen LogP contribution in [0, 0.1) is 0 Å². The Morgan fingerprint density at radius 3 is 1.18 bits per heavy atom. The van der Waals surface area contributed by atoms with E-state index in [1.54, 1.807) is 0 Å². The second-order valence-electron chi connectivity index (χ2n) is 12.2. The van der Waals surface area contributed by atoms with Gasteiger partial charge in [-0.05, 0) is 47.6 Å². The van der Waals surface area contributed by atoms with Gasteiger partial charge in [0.1, 0.15) is 0 Å². The van der Waals surface area contributed by atoms with Crippen molar-refractivity contribution in [3.63, 3.8) is 0 Å². The van der Waals surface area contributed by atoms with E-state index >= 15 is 0 Å². The first-order valence-corrected chi connectivity index (χ1v) is 14.0. The monoisotopic (exact) mass is 475 g/mol. The largest absolute Gasteiger partial charge is 0.545 e. The zero-order chi connectivity index (χ0) is 26.4. The van der Waals surface area contributed by atoms with Gasteiger partial charge in [0, 0.05) is 5.56 Å². The summed E-state index contributed by atoms with van der Waals surface area (Å²) in [4.78, 5) is 11.4. The number of quaternary nitrogens is 1. The van der Waals surface area contributed by atoms with Crippen molar-refractivity contribution in [1.82, 2.24) is 0 Å². The number of carbonyl (C=O) groups is 1. The van der Waals surface area contributed by atoms with Crippen LogP contribution in [0.25, 0.3) is 0 Å². The Kier molecular flexibility index (Phi) is 15.0. The number of carbonyl (C=O) groups excluding carboxylic acids is 1. The lowest BCUT2D eigenvalue weighted by atomic mass is 9.76. The molecule has 0 heterocycles. The van der Waals surface area contributed by atoms with Gasteiger partial charge in [-0.3, -0.25) is 0 Å². The molecule has 1 aromatic rings. The molecule has 0 amide bonds. The van der Waals surface area contributed by atoms with Gasteiger partial charge in [-0.15, -0.1) is 0 Å². The first-order chi connectivity index (χ1) is 15.8. The van der Waals surface area contributed by atoms with Crippen LogP contribution in [0.2, 0.25) is 0 Å². The normalized spacial score (nSPS) is 12.3. The maximum atomic E-state index is 11.4. The van der Waals surface area contributed by atoms with Crippen LogP contribution in [-0.4, -0.2) is 36.6 Å². The van der Waals surface area contributed by atoms with E-state index in [1.165, 1.54) is 82.0 Å². The zero-order valence-corrected chi connectivity index (χ0v) is 24.5. The molecule has 1 rings (SSSR count). The summed E-state index contributed by atoms with van der Waals surface area (Å²) in [7, 11) is 0. The standard InChI is InChI=1S/C16H36N.C15H22O2/c1-5-9-13-17(14-10-6-2,15-11-7-3)16-12-8-4;1-14(2,3)10-8-7-9-11(15(4,5)6)12(10)13(16)17/h5-16H2,1-4H3;7-9H,1-6H3,(H,16,17)/q+1;/p-1. The SMILES string of the molecule is CC(C)(C)c1cccc(C(C)(C)C)c1C(=O)[O-].CCCC[N+](CCCC)(CCCC)CCCC. The van der Waals surface area contributed by atoms with Gasteiger partial charge in [0.05, 0.1) is 32.1 Å². The third-order valence-corrected chi connectivity index (χ3v) is 6.83. The molecule has 198 valence electrons. The number of aromatic carboxylic acids is 1. The molecule has 0 unspecified atom stereocenters. The van der Waals surface area contributed by atoms with E-state index in [1.807, 2.05) is 59.7 Å². The summed E-state index contributed by atoms with van der Waals surface area (Å²) in [6.45, 7) is 27.1. The Morgan fingerprint density at radius 1 is 0.676 bits per heavy atom. The highest BCUT2D eigenvalue weighted by atomic mass is 16.4. The number of benzene rings is 1. The molecular formula is C31H57NO2. The third-order valence-electron chi connectivity index (χ3n) is 6.83. The molecule has 0 aliphatic rings. The second-order valence-corrected chi connectivity index (χ2v) is 12.2. The summed E-state index contributed by atoms with van der Waals surface area (Å²) in [5.74, 6) is -1.08. The van der Waals surface area contributed by atoms with Crippen LogP contribution in [0.5, 0.6) is 0 Å². The minimum absolute atomic E-state index is 0.198. The average Bonchev–Trinajstić information content (AvgIpc) is 2.77. The molecule has 0 aliphatic carbocycles. The van der Waals surface area contributed by atoms with Crippen molar-refractivity contribution < 1.29 is 14.4 Å². The van der Waals surface area contributed by atoms with Crippen LogP contribution >= 0.6 is 0 Å². The van der Waals surface area contributed by atoms with Gasteiger partial charge < -0.3 is 14.4 Å². The van der Waals surface area contributed by atoms with Crippen LogP contribution in [0.1, 0.15) is 142 Å². The van der Waals surface area contributed by atoms with E-state index in [0.717, 1.165) is 11.1 Å². The number of hydrogen-bond donors (Lipinski definition) is 0. The Labute approximate surface area is 212 Å². The van der Waals surface area contributed by atoms with Crippen LogP contribution in [0.15, 0.2) is 18.2 Å². The molecule has 3 heteroatoms. The van der Waals surface area contributed by atoms with Crippen LogP contribution in [-0.2, 0) is 10.8 Å². The molecule has 3 nitrogen and oxygen atoms in total. The highest BCUT2D eigenvalue weighted by Crippen LogP contribution is 2.33. The van der Waals surface area contributed by atoms with Crippen molar-refractivity contribution in [2.75, 3.05) is 26.2 Å². The number of rotatable bonds is 13. The molecule has 0 radical (unpaired) electrons. The molecule has 0 N–H and O–H groups in total. The fourth-order valence-corrected chi connectivity index (χ4v) is 4.67. The fourth-order valence-electron chi connectivity index (χ4n) is 4.67. The van der Waals surface area contributed by atoms with Gasteiger partial charge in [-0.2, -0.15) is 0 Å². The number of carboxylic acids is 1. The molecule has 0 bridgehead atoms. The summed E-state index contributed by atoms with van der Waals surface area (Å²) in [5, 5.41) is 11.4. The Morgan fingerprint density at radius 2 is 0.971 bits per heavy atom. The summed E-state index contributed by atoms with van der Waals surface area (Å²) in [5.41, 5.74) is 1.63. The van der Waals surface area contributed by atoms with Gasteiger partial charge >= 0.3 is 0 Å². The summed E-state index contributed by atoms with van der Waals surface area (Å²) in [6.07, 6.45) is 11.1. The Bertz CT molecular complexity index is 625. The van der Waals surface area contributed by atoms with Crippen molar-refractivity contribution in [3.05, 3.63) is 34.9 Å². The lowest BCUT2D eigenvalue weighted by Gasteiger charge is -2.39. The number of carboxylic acid groups (broad SMARTS) is 1. The molecule has 0 aliphatic heterocycles. The van der Waals surface area contributed by atoms with E-state index in [9.17, 15) is 9.90 Å². The lowest BCUT2D eigenvalue weighted by Crippen LogP contribution is -2.50. The lowest BCUT2D eigenvalue weighted by molar-refractivity contribution is -0.929. The first-order valence-electron chi connectivity index (χ1n) is 14.0. The highest BCUT2D eigenvalue weighted by molar-refractivity contribution is 5.90. The molecule has 0 fully saturated rings. The van der Waals surface area contributed by atoms with Crippen molar-refractivity contribution in [1.29, 1.82) is 0 Å². The van der Waals surface area contributed by atoms with Crippen molar-refractivity contribution >= 4 is 5.97 Å². The molecule has 0 spiro atoms. The smallest absolute Gasteiger partial charge is 0.0786 e. The fraction of sp³-hybridized carbons (Fsp3) is 0.774. The van der Waals surface area contributed by atoms with Crippen LogP contribution in [0.4, 0.5) is 0 Å². The van der Waals surface area contributed by atoms with E-state index in [4.69, 9.17) is 0 Å². The van der Waals surface area contributed by atoms with Gasteiger partial charge in [0.2, 0.25) is 0 Å². The summed E-state index contributed by atoms with van der Waals surface area (Å²) >= 11 is 0. The summed E-state index contributed by atoms with van der Waals surface area (Å²) in [6, 6.07) is 5.67. The molecule has 0 atom stereocenters. The molecule has 0 saturated heterocycles. The van der Waals surface area contributed by atoms with Gasteiger partial charge in [0.15, 0.2) is 0 Å². The molecule has 0 saturated carbocycles. The molecule has 0 aromatic heterocycles. The van der Waals surface area contributed by atoms with Crippen molar-refractivity contribution in [2.45, 2.75) is 131 Å². The number of unbranched alkanes of at least 4 members (excludes halogenated alkanes) is 4. The van der Waals surface area contributed by atoms with Crippen molar-refractivity contribution in [3.8, 4) is 0 Å². The Hall–Kier alpha value is -1.35. The van der Waals surface area contributed by atoms with Gasteiger partial charge in [-0.1, -0.05) is 113 Å². The topological polar surface area (TPSA) is 40.1 Å². The van der Waals surface area contributed by atoms with Crippen molar-refractivity contribution in [2.24, 2.45) is 0 Å². The molecular weight excluding hydrogens is 418 g/mol. The average molecular weight is 476 g/mol.